The Labute approximate surface area is 360 Å². The SMILES string of the molecule is Cc1cc(C)cc(-c2c3[nH]ccc3cn2OC2C(Oc3ccc4c(=O)c(-c5ccc(O)cc5)coc4c3)OC(C(O)OC(=O)C(C(=O)O)C(CCO)NC3CCCC3)C(O)C2O)c1. The lowest BCUT2D eigenvalue weighted by atomic mass is 9.95. The van der Waals surface area contributed by atoms with Crippen molar-refractivity contribution in [3.8, 4) is 33.9 Å². The molecule has 1 aliphatic carbocycles. The average molecular weight is 868 g/mol. The first-order chi connectivity index (χ1) is 30.3. The van der Waals surface area contributed by atoms with Gasteiger partial charge < -0.3 is 64.4 Å². The van der Waals surface area contributed by atoms with E-state index in [2.05, 4.69) is 10.3 Å². The molecule has 3 aromatic heterocycles. The van der Waals surface area contributed by atoms with Crippen LogP contribution in [-0.4, -0.2) is 108 Å². The van der Waals surface area contributed by atoms with E-state index >= 15 is 0 Å². The van der Waals surface area contributed by atoms with Gasteiger partial charge in [0.15, 0.2) is 17.5 Å². The third-order valence-electron chi connectivity index (χ3n) is 11.7. The van der Waals surface area contributed by atoms with E-state index in [1.165, 1.54) is 41.3 Å². The van der Waals surface area contributed by atoms with Gasteiger partial charge in [0.2, 0.25) is 18.7 Å². The number of esters is 1. The number of phenolic OH excluding ortho intramolecular Hbond substituents is 1. The minimum atomic E-state index is -2.33. The highest BCUT2D eigenvalue weighted by Gasteiger charge is 2.52. The predicted octanol–water partition coefficient (Wildman–Crippen LogP) is 3.90. The molecule has 2 aliphatic rings. The Bertz CT molecular complexity index is 2630. The summed E-state index contributed by atoms with van der Waals surface area (Å²) in [5, 5.41) is 68.5. The number of phenols is 1. The second-order valence-electron chi connectivity index (χ2n) is 16.2. The van der Waals surface area contributed by atoms with Crippen LogP contribution in [0.3, 0.4) is 0 Å². The Morgan fingerprint density at radius 2 is 1.70 bits per heavy atom. The summed E-state index contributed by atoms with van der Waals surface area (Å²) in [6.07, 6.45) is -3.43. The van der Waals surface area contributed by atoms with Crippen molar-refractivity contribution in [2.24, 2.45) is 5.92 Å². The number of nitrogens with one attached hydrogen (secondary N) is 2. The van der Waals surface area contributed by atoms with E-state index < -0.39 is 67.5 Å². The van der Waals surface area contributed by atoms with Gasteiger partial charge in [0.1, 0.15) is 41.2 Å². The Morgan fingerprint density at radius 3 is 2.40 bits per heavy atom. The van der Waals surface area contributed by atoms with E-state index in [4.69, 9.17) is 23.5 Å². The summed E-state index contributed by atoms with van der Waals surface area (Å²) in [4.78, 5) is 49.3. The van der Waals surface area contributed by atoms with Crippen LogP contribution in [0.4, 0.5) is 0 Å². The standard InChI is InChI=1S/C46H49N3O14/c1-23-17-24(2)19-27(18-23)37-36-26(13-15-47-36)21-49(37)63-42-40(54)39(53)41(45(58)62-44(57)35(43(55)56)33(14-16-50)48-28-5-3-4-6-28)61-46(42)60-30-11-12-31-34(20-30)59-22-32(38(31)52)25-7-9-29(51)10-8-25/h7-13,15,17-22,28,33,35,39-42,45-48,50-51,53-54,58H,3-6,14,16H2,1-2H3,(H,55,56). The van der Waals surface area contributed by atoms with Gasteiger partial charge in [-0.25, -0.2) is 0 Å². The normalized spacial score (nSPS) is 21.9. The summed E-state index contributed by atoms with van der Waals surface area (Å²) in [5.74, 6) is -4.71. The number of aromatic amines is 1. The summed E-state index contributed by atoms with van der Waals surface area (Å²) < 4.78 is 24.9. The van der Waals surface area contributed by atoms with E-state index in [9.17, 15) is 45.0 Å². The quantitative estimate of drug-likeness (QED) is 0.0414. The molecule has 0 bridgehead atoms. The molecule has 6 aromatic rings. The molecule has 332 valence electrons. The maximum absolute atomic E-state index is 13.6. The molecule has 1 saturated heterocycles. The van der Waals surface area contributed by atoms with Crippen LogP contribution in [-0.2, 0) is 19.1 Å². The number of carbonyl (C=O) groups excluding carboxylic acids is 1. The van der Waals surface area contributed by atoms with Gasteiger partial charge in [-0.05, 0) is 81.1 Å². The molecule has 8 rings (SSSR count). The number of benzene rings is 3. The number of aromatic nitrogens is 2. The summed E-state index contributed by atoms with van der Waals surface area (Å²) in [6.45, 7) is 3.47. The molecule has 0 amide bonds. The van der Waals surface area contributed by atoms with Crippen molar-refractivity contribution in [1.29, 1.82) is 0 Å². The minimum absolute atomic E-state index is 0.0300. The zero-order chi connectivity index (χ0) is 44.5. The number of rotatable bonds is 15. The van der Waals surface area contributed by atoms with Crippen LogP contribution in [0, 0.1) is 19.8 Å². The molecule has 1 aliphatic heterocycles. The lowest BCUT2D eigenvalue weighted by molar-refractivity contribution is -0.318. The van der Waals surface area contributed by atoms with Gasteiger partial charge in [0, 0.05) is 41.9 Å². The van der Waals surface area contributed by atoms with Crippen molar-refractivity contribution in [2.45, 2.75) is 95.0 Å². The second-order valence-corrected chi connectivity index (χ2v) is 16.2. The first kappa shape index (κ1) is 43.4. The van der Waals surface area contributed by atoms with Gasteiger partial charge in [-0.15, -0.1) is 0 Å². The summed E-state index contributed by atoms with van der Waals surface area (Å²) >= 11 is 0. The molecule has 17 nitrogen and oxygen atoms in total. The topological polar surface area (TPSA) is 255 Å². The van der Waals surface area contributed by atoms with Crippen LogP contribution < -0.4 is 20.3 Å². The smallest absolute Gasteiger partial charge is 0.324 e. The van der Waals surface area contributed by atoms with Gasteiger partial charge in [0.05, 0.1) is 22.7 Å². The third kappa shape index (κ3) is 9.02. The molecule has 17 heteroatoms. The molecule has 0 radical (unpaired) electrons. The molecule has 8 unspecified atom stereocenters. The molecular formula is C46H49N3O14. The van der Waals surface area contributed by atoms with Gasteiger partial charge >= 0.3 is 11.9 Å². The highest BCUT2D eigenvalue weighted by atomic mass is 16.8. The zero-order valence-corrected chi connectivity index (χ0v) is 34.4. The van der Waals surface area contributed by atoms with Crippen molar-refractivity contribution in [2.75, 3.05) is 6.61 Å². The number of hydrogen-bond acceptors (Lipinski definition) is 14. The van der Waals surface area contributed by atoms with Crippen molar-refractivity contribution < 1.29 is 63.7 Å². The van der Waals surface area contributed by atoms with Crippen LogP contribution in [0.5, 0.6) is 11.5 Å². The van der Waals surface area contributed by atoms with Crippen molar-refractivity contribution in [3.05, 3.63) is 107 Å². The summed E-state index contributed by atoms with van der Waals surface area (Å²) in [7, 11) is 0. The van der Waals surface area contributed by atoms with Gasteiger partial charge in [-0.3, -0.25) is 14.4 Å². The number of carbonyl (C=O) groups is 2. The number of nitrogens with zero attached hydrogens (tertiary/aromatic N) is 1. The largest absolute Gasteiger partial charge is 0.508 e. The molecule has 1 saturated carbocycles. The molecule has 8 atom stereocenters. The van der Waals surface area contributed by atoms with Crippen molar-refractivity contribution in [3.63, 3.8) is 0 Å². The Morgan fingerprint density at radius 1 is 0.968 bits per heavy atom. The maximum Gasteiger partial charge on any atom is 0.324 e. The number of carboxylic acid groups (broad SMARTS) is 1. The van der Waals surface area contributed by atoms with Crippen LogP contribution in [0.2, 0.25) is 0 Å². The Hall–Kier alpha value is -6.21. The van der Waals surface area contributed by atoms with Crippen LogP contribution >= 0.6 is 0 Å². The number of H-pyrrole nitrogens is 1. The minimum Gasteiger partial charge on any atom is -0.508 e. The molecular weight excluding hydrogens is 819 g/mol. The Balaban J connectivity index is 1.11. The van der Waals surface area contributed by atoms with Gasteiger partial charge in [-0.2, -0.15) is 4.73 Å². The molecule has 3 aromatic carbocycles. The molecule has 0 spiro atoms. The summed E-state index contributed by atoms with van der Waals surface area (Å²) in [6, 6.07) is 17.0. The fourth-order valence-corrected chi connectivity index (χ4v) is 8.63. The molecule has 8 N–H and O–H groups in total. The Kier molecular flexibility index (Phi) is 12.6. The lowest BCUT2D eigenvalue weighted by Gasteiger charge is -2.43. The number of aromatic hydroxyl groups is 1. The maximum atomic E-state index is 13.6. The van der Waals surface area contributed by atoms with Crippen molar-refractivity contribution in [1.82, 2.24) is 15.0 Å². The lowest BCUT2D eigenvalue weighted by Crippen LogP contribution is -2.65. The van der Waals surface area contributed by atoms with Crippen LogP contribution in [0.25, 0.3) is 44.3 Å². The first-order valence-electron chi connectivity index (χ1n) is 20.8. The zero-order valence-electron chi connectivity index (χ0n) is 34.4. The highest BCUT2D eigenvalue weighted by Crippen LogP contribution is 2.34. The fraction of sp³-hybridized carbons (Fsp3) is 0.370. The number of aliphatic hydroxyl groups is 4. The van der Waals surface area contributed by atoms with Crippen LogP contribution in [0.1, 0.15) is 43.2 Å². The van der Waals surface area contributed by atoms with E-state index in [1.807, 2.05) is 38.1 Å². The van der Waals surface area contributed by atoms with Crippen LogP contribution in [0.15, 0.2) is 94.6 Å². The number of carboxylic acids is 1. The number of ether oxygens (including phenoxy) is 3. The van der Waals surface area contributed by atoms with E-state index in [0.717, 1.165) is 47.8 Å². The molecule has 4 heterocycles. The first-order valence-corrected chi connectivity index (χ1v) is 20.8. The van der Waals surface area contributed by atoms with E-state index in [1.54, 1.807) is 24.5 Å². The highest BCUT2D eigenvalue weighted by molar-refractivity contribution is 5.95. The van der Waals surface area contributed by atoms with E-state index in [-0.39, 0.29) is 45.9 Å². The second kappa shape index (κ2) is 18.3. The van der Waals surface area contributed by atoms with Crippen molar-refractivity contribution >= 4 is 33.8 Å². The average Bonchev–Trinajstić information content (AvgIpc) is 4.00. The fourth-order valence-electron chi connectivity index (χ4n) is 8.63. The molecule has 2 fully saturated rings. The summed E-state index contributed by atoms with van der Waals surface area (Å²) in [5.41, 5.74) is 4.49. The molecule has 63 heavy (non-hydrogen) atoms. The van der Waals surface area contributed by atoms with Gasteiger partial charge in [-0.1, -0.05) is 42.2 Å². The number of fused-ring (bicyclic) bond motifs is 2. The number of hydrogen-bond donors (Lipinski definition) is 8. The predicted molar refractivity (Wildman–Crippen MR) is 227 cm³/mol. The third-order valence-corrected chi connectivity index (χ3v) is 11.7. The number of aryl methyl sites for hydroxylation is 2. The number of aliphatic hydroxyl groups excluding tert-OH is 4. The monoisotopic (exact) mass is 867 g/mol. The van der Waals surface area contributed by atoms with E-state index in [0.29, 0.717) is 16.8 Å². The van der Waals surface area contributed by atoms with Gasteiger partial charge in [0.25, 0.3) is 0 Å². The number of aliphatic carboxylic acids is 1.